The third-order valence-corrected chi connectivity index (χ3v) is 4.70. The molecular weight excluding hydrogens is 326 g/mol. The van der Waals surface area contributed by atoms with Gasteiger partial charge >= 0.3 is 0 Å². The maximum atomic E-state index is 5.82. The lowest BCUT2D eigenvalue weighted by Crippen LogP contribution is -2.23. The lowest BCUT2D eigenvalue weighted by molar-refractivity contribution is 0.283. The number of likely N-dealkylation sites (tertiary alicyclic amines) is 1. The molecule has 134 valence electrons. The Hall–Kier alpha value is -2.73. The molecule has 6 heteroatoms. The SMILES string of the molecule is Cc1ccc(NC[C@@H]2CCN(Cc3nnc(-c4ccccc4)o3)C2)nc1. The van der Waals surface area contributed by atoms with Crippen molar-refractivity contribution in [3.8, 4) is 11.5 Å². The van der Waals surface area contributed by atoms with Crippen molar-refractivity contribution < 1.29 is 4.42 Å². The summed E-state index contributed by atoms with van der Waals surface area (Å²) < 4.78 is 5.82. The highest BCUT2D eigenvalue weighted by atomic mass is 16.4. The number of rotatable bonds is 6. The Kier molecular flexibility index (Phi) is 4.93. The van der Waals surface area contributed by atoms with Crippen LogP contribution in [0.4, 0.5) is 5.82 Å². The molecule has 2 aromatic heterocycles. The fourth-order valence-electron chi connectivity index (χ4n) is 3.25. The molecule has 6 nitrogen and oxygen atoms in total. The summed E-state index contributed by atoms with van der Waals surface area (Å²) in [5.41, 5.74) is 2.14. The van der Waals surface area contributed by atoms with Crippen molar-refractivity contribution in [3.05, 3.63) is 60.1 Å². The molecule has 4 rings (SSSR count). The van der Waals surface area contributed by atoms with Crippen LogP contribution in [0.1, 0.15) is 17.9 Å². The largest absolute Gasteiger partial charge is 0.419 e. The van der Waals surface area contributed by atoms with Gasteiger partial charge in [-0.2, -0.15) is 0 Å². The van der Waals surface area contributed by atoms with E-state index < -0.39 is 0 Å². The van der Waals surface area contributed by atoms with Crippen LogP contribution >= 0.6 is 0 Å². The third-order valence-electron chi connectivity index (χ3n) is 4.70. The van der Waals surface area contributed by atoms with E-state index in [1.54, 1.807) is 0 Å². The topological polar surface area (TPSA) is 67.1 Å². The van der Waals surface area contributed by atoms with Crippen molar-refractivity contribution >= 4 is 5.82 Å². The average Bonchev–Trinajstić information content (AvgIpc) is 3.32. The molecule has 26 heavy (non-hydrogen) atoms. The van der Waals surface area contributed by atoms with Crippen LogP contribution in [0.15, 0.2) is 53.1 Å². The van der Waals surface area contributed by atoms with Gasteiger partial charge in [0.15, 0.2) is 0 Å². The number of benzene rings is 1. The molecular formula is C20H23N5O. The lowest BCUT2D eigenvalue weighted by atomic mass is 10.1. The van der Waals surface area contributed by atoms with Crippen LogP contribution in [0.2, 0.25) is 0 Å². The van der Waals surface area contributed by atoms with E-state index in [1.165, 1.54) is 12.0 Å². The molecule has 0 radical (unpaired) electrons. The fraction of sp³-hybridized carbons (Fsp3) is 0.350. The Balaban J connectivity index is 1.28. The first-order valence-corrected chi connectivity index (χ1v) is 9.03. The van der Waals surface area contributed by atoms with E-state index >= 15 is 0 Å². The first kappa shape index (κ1) is 16.7. The Bertz CT molecular complexity index is 831. The predicted molar refractivity (Wildman–Crippen MR) is 101 cm³/mol. The van der Waals surface area contributed by atoms with Gasteiger partial charge in [0.1, 0.15) is 5.82 Å². The Labute approximate surface area is 153 Å². The Morgan fingerprint density at radius 2 is 2.04 bits per heavy atom. The second-order valence-corrected chi connectivity index (χ2v) is 6.86. The summed E-state index contributed by atoms with van der Waals surface area (Å²) in [5, 5.41) is 11.8. The van der Waals surface area contributed by atoms with Gasteiger partial charge in [0.2, 0.25) is 11.8 Å². The number of nitrogens with zero attached hydrogens (tertiary/aromatic N) is 4. The molecule has 0 spiro atoms. The molecule has 0 aliphatic carbocycles. The maximum Gasteiger partial charge on any atom is 0.247 e. The number of anilines is 1. The quantitative estimate of drug-likeness (QED) is 0.736. The Morgan fingerprint density at radius 3 is 2.85 bits per heavy atom. The van der Waals surface area contributed by atoms with Crippen molar-refractivity contribution in [3.63, 3.8) is 0 Å². The number of aryl methyl sites for hydroxylation is 1. The van der Waals surface area contributed by atoms with Crippen molar-refractivity contribution in [2.24, 2.45) is 5.92 Å². The number of hydrogen-bond donors (Lipinski definition) is 1. The molecule has 1 aliphatic rings. The zero-order valence-corrected chi connectivity index (χ0v) is 14.9. The van der Waals surface area contributed by atoms with Gasteiger partial charge < -0.3 is 9.73 Å². The highest BCUT2D eigenvalue weighted by molar-refractivity contribution is 5.51. The molecule has 0 saturated carbocycles. The van der Waals surface area contributed by atoms with Crippen molar-refractivity contribution in [1.29, 1.82) is 0 Å². The molecule has 0 unspecified atom stereocenters. The summed E-state index contributed by atoms with van der Waals surface area (Å²) in [6.07, 6.45) is 3.06. The lowest BCUT2D eigenvalue weighted by Gasteiger charge is -2.14. The van der Waals surface area contributed by atoms with Crippen LogP contribution in [-0.4, -0.2) is 39.7 Å². The first-order chi connectivity index (χ1) is 12.8. The van der Waals surface area contributed by atoms with Gasteiger partial charge in [0.05, 0.1) is 6.54 Å². The average molecular weight is 349 g/mol. The number of pyridine rings is 1. The van der Waals surface area contributed by atoms with Gasteiger partial charge in [0, 0.05) is 24.8 Å². The highest BCUT2D eigenvalue weighted by Gasteiger charge is 2.24. The molecule has 1 aliphatic heterocycles. The van der Waals surface area contributed by atoms with Crippen LogP contribution in [-0.2, 0) is 6.54 Å². The number of hydrogen-bond acceptors (Lipinski definition) is 6. The highest BCUT2D eigenvalue weighted by Crippen LogP contribution is 2.21. The van der Waals surface area contributed by atoms with Crippen LogP contribution in [0.25, 0.3) is 11.5 Å². The molecule has 3 aromatic rings. The molecule has 0 bridgehead atoms. The van der Waals surface area contributed by atoms with Crippen LogP contribution in [0, 0.1) is 12.8 Å². The van der Waals surface area contributed by atoms with E-state index in [4.69, 9.17) is 4.42 Å². The van der Waals surface area contributed by atoms with E-state index in [-0.39, 0.29) is 0 Å². The van der Waals surface area contributed by atoms with Gasteiger partial charge in [-0.05, 0) is 49.6 Å². The standard InChI is InChI=1S/C20H23N5O/c1-15-7-8-18(21-11-15)22-12-16-9-10-25(13-16)14-19-23-24-20(26-19)17-5-3-2-4-6-17/h2-8,11,16H,9-10,12-14H2,1H3,(H,21,22)/t16-/m0/s1. The van der Waals surface area contributed by atoms with Crippen molar-refractivity contribution in [1.82, 2.24) is 20.1 Å². The first-order valence-electron chi connectivity index (χ1n) is 9.03. The van der Waals surface area contributed by atoms with Gasteiger partial charge in [-0.15, -0.1) is 10.2 Å². The number of aromatic nitrogens is 3. The minimum Gasteiger partial charge on any atom is -0.419 e. The third kappa shape index (κ3) is 4.08. The van der Waals surface area contributed by atoms with Crippen molar-refractivity contribution in [2.45, 2.75) is 19.9 Å². The van der Waals surface area contributed by atoms with E-state index in [1.807, 2.05) is 49.5 Å². The molecule has 0 amide bonds. The summed E-state index contributed by atoms with van der Waals surface area (Å²) >= 11 is 0. The zero-order chi connectivity index (χ0) is 17.8. The molecule has 1 fully saturated rings. The maximum absolute atomic E-state index is 5.82. The summed E-state index contributed by atoms with van der Waals surface area (Å²) in [7, 11) is 0. The van der Waals surface area contributed by atoms with Crippen LogP contribution < -0.4 is 5.32 Å². The normalized spacial score (nSPS) is 17.5. The smallest absolute Gasteiger partial charge is 0.247 e. The molecule has 1 N–H and O–H groups in total. The van der Waals surface area contributed by atoms with E-state index in [0.717, 1.165) is 31.0 Å². The van der Waals surface area contributed by atoms with Gasteiger partial charge in [-0.3, -0.25) is 4.90 Å². The second-order valence-electron chi connectivity index (χ2n) is 6.86. The van der Waals surface area contributed by atoms with Crippen LogP contribution in [0.5, 0.6) is 0 Å². The Morgan fingerprint density at radius 1 is 1.15 bits per heavy atom. The van der Waals surface area contributed by atoms with E-state index in [2.05, 4.69) is 31.5 Å². The zero-order valence-electron chi connectivity index (χ0n) is 14.9. The van der Waals surface area contributed by atoms with Crippen molar-refractivity contribution in [2.75, 3.05) is 25.0 Å². The van der Waals surface area contributed by atoms with E-state index in [9.17, 15) is 0 Å². The molecule has 1 aromatic carbocycles. The molecule has 1 saturated heterocycles. The second kappa shape index (κ2) is 7.66. The summed E-state index contributed by atoms with van der Waals surface area (Å²) in [6.45, 7) is 5.77. The van der Waals surface area contributed by atoms with Gasteiger partial charge in [-0.1, -0.05) is 24.3 Å². The van der Waals surface area contributed by atoms with Gasteiger partial charge in [-0.25, -0.2) is 4.98 Å². The minimum absolute atomic E-state index is 0.587. The fourth-order valence-corrected chi connectivity index (χ4v) is 3.25. The summed E-state index contributed by atoms with van der Waals surface area (Å²) in [6, 6.07) is 14.0. The van der Waals surface area contributed by atoms with Gasteiger partial charge in [0.25, 0.3) is 0 Å². The summed E-state index contributed by atoms with van der Waals surface area (Å²) in [5.74, 6) is 2.81. The van der Waals surface area contributed by atoms with E-state index in [0.29, 0.717) is 24.2 Å². The number of nitrogens with one attached hydrogen (secondary N) is 1. The molecule has 3 heterocycles. The monoisotopic (exact) mass is 349 g/mol. The minimum atomic E-state index is 0.587. The van der Waals surface area contributed by atoms with Crippen LogP contribution in [0.3, 0.4) is 0 Å². The summed E-state index contributed by atoms with van der Waals surface area (Å²) in [4.78, 5) is 6.77. The molecule has 1 atom stereocenters. The predicted octanol–water partition coefficient (Wildman–Crippen LogP) is 3.37.